The molecule has 0 spiro atoms. The molecular weight excluding hydrogens is 322 g/mol. The fraction of sp³-hybridized carbons (Fsp3) is 0.647. The standard InChI is InChI=1S/C17H25N5O3/c1-21-13(11-16(23)22-7-9-25-10-8-22)4-5-14(21)12-18-17(24)15-3-2-6-19-20-15/h2-3,6,13-14H,4-5,7-12H2,1H3,(H,18,24)/t13-,14+/m1/s1. The average molecular weight is 347 g/mol. The van der Waals surface area contributed by atoms with E-state index in [-0.39, 0.29) is 23.9 Å². The Labute approximate surface area is 147 Å². The first-order chi connectivity index (χ1) is 12.1. The van der Waals surface area contributed by atoms with Gasteiger partial charge < -0.3 is 15.0 Å². The number of carbonyl (C=O) groups excluding carboxylic acids is 2. The number of morpholine rings is 1. The van der Waals surface area contributed by atoms with Crippen LogP contribution >= 0.6 is 0 Å². The molecule has 0 unspecified atom stereocenters. The topological polar surface area (TPSA) is 87.7 Å². The van der Waals surface area contributed by atoms with Crippen molar-refractivity contribution in [1.82, 2.24) is 25.3 Å². The summed E-state index contributed by atoms with van der Waals surface area (Å²) in [6.45, 7) is 3.18. The molecule has 0 aromatic carbocycles. The van der Waals surface area contributed by atoms with Crippen LogP contribution in [0.15, 0.2) is 18.3 Å². The van der Waals surface area contributed by atoms with Crippen molar-refractivity contribution in [2.24, 2.45) is 0 Å². The molecule has 3 rings (SSSR count). The van der Waals surface area contributed by atoms with Gasteiger partial charge in [-0.1, -0.05) is 0 Å². The van der Waals surface area contributed by atoms with Crippen molar-refractivity contribution in [3.8, 4) is 0 Å². The number of nitrogens with zero attached hydrogens (tertiary/aromatic N) is 4. The summed E-state index contributed by atoms with van der Waals surface area (Å²) >= 11 is 0. The van der Waals surface area contributed by atoms with E-state index < -0.39 is 0 Å². The Balaban J connectivity index is 1.45. The number of rotatable bonds is 5. The number of carbonyl (C=O) groups is 2. The van der Waals surface area contributed by atoms with Crippen LogP contribution in [0.1, 0.15) is 29.8 Å². The Hall–Kier alpha value is -2.06. The van der Waals surface area contributed by atoms with E-state index in [1.54, 1.807) is 12.1 Å². The lowest BCUT2D eigenvalue weighted by molar-refractivity contribution is -0.136. The minimum absolute atomic E-state index is 0.199. The molecule has 3 heterocycles. The van der Waals surface area contributed by atoms with Crippen LogP contribution in [0.25, 0.3) is 0 Å². The van der Waals surface area contributed by atoms with Crippen molar-refractivity contribution in [3.05, 3.63) is 24.0 Å². The van der Waals surface area contributed by atoms with Crippen molar-refractivity contribution in [2.75, 3.05) is 39.9 Å². The van der Waals surface area contributed by atoms with Crippen LogP contribution in [0.2, 0.25) is 0 Å². The predicted molar refractivity (Wildman–Crippen MR) is 91.0 cm³/mol. The fourth-order valence-electron chi connectivity index (χ4n) is 3.45. The summed E-state index contributed by atoms with van der Waals surface area (Å²) in [6.07, 6.45) is 4.01. The molecule has 2 saturated heterocycles. The molecule has 2 aliphatic rings. The molecule has 0 radical (unpaired) electrons. The Bertz CT molecular complexity index is 591. The van der Waals surface area contributed by atoms with Crippen LogP contribution in [-0.4, -0.2) is 83.8 Å². The smallest absolute Gasteiger partial charge is 0.271 e. The highest BCUT2D eigenvalue weighted by Crippen LogP contribution is 2.25. The van der Waals surface area contributed by atoms with Gasteiger partial charge in [0.1, 0.15) is 0 Å². The van der Waals surface area contributed by atoms with E-state index in [0.29, 0.717) is 45.0 Å². The second-order valence-corrected chi connectivity index (χ2v) is 6.57. The second kappa shape index (κ2) is 8.35. The van der Waals surface area contributed by atoms with E-state index in [1.165, 1.54) is 6.20 Å². The first-order valence-corrected chi connectivity index (χ1v) is 8.78. The minimum atomic E-state index is -0.214. The van der Waals surface area contributed by atoms with E-state index in [4.69, 9.17) is 4.74 Å². The zero-order valence-corrected chi connectivity index (χ0v) is 14.6. The minimum Gasteiger partial charge on any atom is -0.378 e. The Morgan fingerprint density at radius 3 is 2.76 bits per heavy atom. The first kappa shape index (κ1) is 17.8. The van der Waals surface area contributed by atoms with Crippen molar-refractivity contribution in [1.29, 1.82) is 0 Å². The maximum atomic E-state index is 12.4. The number of hydrogen-bond donors (Lipinski definition) is 1. The SMILES string of the molecule is CN1[C@@H](CC(=O)N2CCOCC2)CC[C@H]1CNC(=O)c1cccnn1. The average Bonchev–Trinajstić information content (AvgIpc) is 3.01. The Morgan fingerprint density at radius 2 is 2.04 bits per heavy atom. The molecule has 1 aromatic heterocycles. The molecule has 25 heavy (non-hydrogen) atoms. The molecular formula is C17H25N5O3. The number of ether oxygens (including phenoxy) is 1. The van der Waals surface area contributed by atoms with Gasteiger partial charge in [0, 0.05) is 44.3 Å². The summed E-state index contributed by atoms with van der Waals surface area (Å²) in [5.41, 5.74) is 0.321. The number of hydrogen-bond acceptors (Lipinski definition) is 6. The van der Waals surface area contributed by atoms with E-state index in [1.807, 2.05) is 11.9 Å². The van der Waals surface area contributed by atoms with E-state index in [2.05, 4.69) is 20.4 Å². The van der Waals surface area contributed by atoms with Crippen molar-refractivity contribution >= 4 is 11.8 Å². The highest BCUT2D eigenvalue weighted by atomic mass is 16.5. The predicted octanol–water partition coefficient (Wildman–Crippen LogP) is -0.0819. The van der Waals surface area contributed by atoms with Crippen LogP contribution in [0.5, 0.6) is 0 Å². The zero-order valence-electron chi connectivity index (χ0n) is 14.6. The highest BCUT2D eigenvalue weighted by Gasteiger charge is 2.33. The number of likely N-dealkylation sites (tertiary alicyclic amines) is 1. The summed E-state index contributed by atoms with van der Waals surface area (Å²) < 4.78 is 5.29. The van der Waals surface area contributed by atoms with Gasteiger partial charge in [0.2, 0.25) is 5.91 Å². The third-order valence-electron chi connectivity index (χ3n) is 5.06. The van der Waals surface area contributed by atoms with Crippen LogP contribution in [0, 0.1) is 0 Å². The Morgan fingerprint density at radius 1 is 1.28 bits per heavy atom. The number of likely N-dealkylation sites (N-methyl/N-ethyl adjacent to an activating group) is 1. The first-order valence-electron chi connectivity index (χ1n) is 8.78. The largest absolute Gasteiger partial charge is 0.378 e. The molecule has 8 heteroatoms. The molecule has 1 aromatic rings. The molecule has 2 amide bonds. The molecule has 2 aliphatic heterocycles. The fourth-order valence-corrected chi connectivity index (χ4v) is 3.45. The molecule has 2 fully saturated rings. The van der Waals surface area contributed by atoms with E-state index in [0.717, 1.165) is 12.8 Å². The molecule has 0 saturated carbocycles. The molecule has 1 N–H and O–H groups in total. The number of aromatic nitrogens is 2. The molecule has 0 aliphatic carbocycles. The lowest BCUT2D eigenvalue weighted by Gasteiger charge is -2.30. The van der Waals surface area contributed by atoms with E-state index >= 15 is 0 Å². The normalized spacial score (nSPS) is 24.3. The second-order valence-electron chi connectivity index (χ2n) is 6.57. The molecule has 0 bridgehead atoms. The van der Waals surface area contributed by atoms with Gasteiger partial charge in [-0.3, -0.25) is 14.5 Å². The summed E-state index contributed by atoms with van der Waals surface area (Å²) in [5.74, 6) is -0.0151. The van der Waals surface area contributed by atoms with Gasteiger partial charge >= 0.3 is 0 Å². The Kier molecular flexibility index (Phi) is 5.93. The van der Waals surface area contributed by atoms with Crippen LogP contribution < -0.4 is 5.32 Å². The van der Waals surface area contributed by atoms with Gasteiger partial charge in [0.05, 0.1) is 13.2 Å². The lowest BCUT2D eigenvalue weighted by Crippen LogP contribution is -2.45. The molecule has 2 atom stereocenters. The van der Waals surface area contributed by atoms with Crippen LogP contribution in [0.4, 0.5) is 0 Å². The summed E-state index contributed by atoms with van der Waals surface area (Å²) in [7, 11) is 2.03. The van der Waals surface area contributed by atoms with Crippen LogP contribution in [0.3, 0.4) is 0 Å². The van der Waals surface area contributed by atoms with Crippen molar-refractivity contribution in [3.63, 3.8) is 0 Å². The van der Waals surface area contributed by atoms with Gasteiger partial charge in [-0.2, -0.15) is 5.10 Å². The third kappa shape index (κ3) is 4.52. The highest BCUT2D eigenvalue weighted by molar-refractivity contribution is 5.91. The maximum absolute atomic E-state index is 12.4. The molecule has 136 valence electrons. The van der Waals surface area contributed by atoms with Crippen molar-refractivity contribution in [2.45, 2.75) is 31.3 Å². The van der Waals surface area contributed by atoms with E-state index in [9.17, 15) is 9.59 Å². The van der Waals surface area contributed by atoms with Gasteiger partial charge in [0.15, 0.2) is 5.69 Å². The third-order valence-corrected chi connectivity index (χ3v) is 5.06. The maximum Gasteiger partial charge on any atom is 0.271 e. The number of nitrogens with one attached hydrogen (secondary N) is 1. The summed E-state index contributed by atoms with van der Waals surface area (Å²) in [5, 5.41) is 10.4. The van der Waals surface area contributed by atoms with Gasteiger partial charge in [-0.15, -0.1) is 5.10 Å². The monoisotopic (exact) mass is 347 g/mol. The summed E-state index contributed by atoms with van der Waals surface area (Å²) in [6, 6.07) is 3.80. The van der Waals surface area contributed by atoms with Gasteiger partial charge in [-0.05, 0) is 32.0 Å². The summed E-state index contributed by atoms with van der Waals surface area (Å²) in [4.78, 5) is 28.6. The quantitative estimate of drug-likeness (QED) is 0.801. The van der Waals surface area contributed by atoms with Crippen LogP contribution in [-0.2, 0) is 9.53 Å². The van der Waals surface area contributed by atoms with Gasteiger partial charge in [-0.25, -0.2) is 0 Å². The lowest BCUT2D eigenvalue weighted by atomic mass is 10.1. The zero-order chi connectivity index (χ0) is 17.6. The van der Waals surface area contributed by atoms with Gasteiger partial charge in [0.25, 0.3) is 5.91 Å². The molecule has 8 nitrogen and oxygen atoms in total. The number of amides is 2. The van der Waals surface area contributed by atoms with Crippen molar-refractivity contribution < 1.29 is 14.3 Å².